The summed E-state index contributed by atoms with van der Waals surface area (Å²) in [5.41, 5.74) is 6.89. The Labute approximate surface area is 220 Å². The molecule has 9 heteroatoms. The van der Waals surface area contributed by atoms with Gasteiger partial charge in [-0.25, -0.2) is 19.0 Å². The second-order valence-corrected chi connectivity index (χ2v) is 9.81. The molecule has 0 spiro atoms. The number of anilines is 1. The number of fused-ring (bicyclic) bond motifs is 1. The first kappa shape index (κ1) is 24.2. The molecule has 0 aliphatic carbocycles. The summed E-state index contributed by atoms with van der Waals surface area (Å²) < 4.78 is 22.3. The first-order valence-corrected chi connectivity index (χ1v) is 12.9. The number of nitrogens with zero attached hydrogens (tertiary/aromatic N) is 6. The Bertz CT molecular complexity index is 1640. The van der Waals surface area contributed by atoms with Crippen LogP contribution >= 0.6 is 0 Å². The number of hydrogen-bond acceptors (Lipinski definition) is 6. The molecular formula is C29H30FN7O. The summed E-state index contributed by atoms with van der Waals surface area (Å²) >= 11 is 0. The van der Waals surface area contributed by atoms with E-state index in [4.69, 9.17) is 19.8 Å². The third kappa shape index (κ3) is 4.22. The number of aromatic nitrogens is 6. The van der Waals surface area contributed by atoms with Gasteiger partial charge in [0.25, 0.3) is 0 Å². The number of morpholine rings is 1. The average Bonchev–Trinajstić information content (AvgIpc) is 3.51. The molecule has 0 amide bonds. The molecule has 1 fully saturated rings. The number of hydrogen-bond donors (Lipinski definition) is 1. The summed E-state index contributed by atoms with van der Waals surface area (Å²) in [5, 5.41) is 5.74. The summed E-state index contributed by atoms with van der Waals surface area (Å²) in [7, 11) is 0. The number of pyridine rings is 1. The van der Waals surface area contributed by atoms with Crippen LogP contribution in [-0.2, 0) is 11.2 Å². The van der Waals surface area contributed by atoms with Crippen molar-refractivity contribution in [1.29, 1.82) is 0 Å². The second-order valence-electron chi connectivity index (χ2n) is 9.81. The summed E-state index contributed by atoms with van der Waals surface area (Å²) in [4.78, 5) is 19.7. The quantitative estimate of drug-likeness (QED) is 0.339. The molecule has 5 heterocycles. The Balaban J connectivity index is 1.56. The first-order chi connectivity index (χ1) is 18.4. The van der Waals surface area contributed by atoms with Crippen LogP contribution in [0.3, 0.4) is 0 Å². The van der Waals surface area contributed by atoms with Gasteiger partial charge in [-0.15, -0.1) is 0 Å². The van der Waals surface area contributed by atoms with Gasteiger partial charge in [-0.05, 0) is 57.0 Å². The third-order valence-electron chi connectivity index (χ3n) is 7.23. The fourth-order valence-electron chi connectivity index (χ4n) is 5.26. The van der Waals surface area contributed by atoms with Gasteiger partial charge in [-0.2, -0.15) is 5.10 Å². The van der Waals surface area contributed by atoms with E-state index in [0.717, 1.165) is 51.5 Å². The fraction of sp³-hybridized carbons (Fsp3) is 0.310. The van der Waals surface area contributed by atoms with Crippen LogP contribution in [0.4, 0.5) is 10.2 Å². The maximum Gasteiger partial charge on any atom is 0.162 e. The SMILES string of the molecule is CCc1cncc(-n2nc(C)c(-c3cc(N4CCOC[C@H]4C)nc(-c4cc(F)cc5[nH]ccc45)n3)c2C)c1. The Morgan fingerprint density at radius 2 is 2.00 bits per heavy atom. The zero-order chi connectivity index (χ0) is 26.4. The molecule has 194 valence electrons. The van der Waals surface area contributed by atoms with Crippen molar-refractivity contribution in [2.45, 2.75) is 40.2 Å². The van der Waals surface area contributed by atoms with Gasteiger partial charge in [0.2, 0.25) is 0 Å². The molecule has 0 bridgehead atoms. The van der Waals surface area contributed by atoms with Crippen molar-refractivity contribution in [2.24, 2.45) is 0 Å². The molecule has 1 saturated heterocycles. The molecular weight excluding hydrogens is 481 g/mol. The smallest absolute Gasteiger partial charge is 0.162 e. The van der Waals surface area contributed by atoms with Crippen LogP contribution in [0.1, 0.15) is 30.8 Å². The molecule has 0 saturated carbocycles. The molecule has 1 atom stereocenters. The number of aromatic amines is 1. The maximum atomic E-state index is 14.7. The predicted molar refractivity (Wildman–Crippen MR) is 146 cm³/mol. The van der Waals surface area contributed by atoms with Gasteiger partial charge in [-0.3, -0.25) is 4.98 Å². The van der Waals surface area contributed by atoms with E-state index < -0.39 is 0 Å². The van der Waals surface area contributed by atoms with Gasteiger partial charge in [0, 0.05) is 47.0 Å². The van der Waals surface area contributed by atoms with Gasteiger partial charge in [0.05, 0.1) is 48.2 Å². The first-order valence-electron chi connectivity index (χ1n) is 12.9. The van der Waals surface area contributed by atoms with Crippen LogP contribution < -0.4 is 4.90 Å². The second kappa shape index (κ2) is 9.64. The summed E-state index contributed by atoms with van der Waals surface area (Å²) in [5.74, 6) is 0.921. The number of nitrogens with one attached hydrogen (secondary N) is 1. The molecule has 1 aliphatic heterocycles. The molecule has 0 radical (unpaired) electrons. The zero-order valence-corrected chi connectivity index (χ0v) is 22.0. The van der Waals surface area contributed by atoms with Crippen molar-refractivity contribution in [3.63, 3.8) is 0 Å². The highest BCUT2D eigenvalue weighted by Gasteiger charge is 2.25. The van der Waals surface area contributed by atoms with E-state index in [1.54, 1.807) is 6.20 Å². The van der Waals surface area contributed by atoms with Crippen molar-refractivity contribution >= 4 is 16.7 Å². The van der Waals surface area contributed by atoms with Crippen LogP contribution in [0.25, 0.3) is 39.2 Å². The van der Waals surface area contributed by atoms with Crippen molar-refractivity contribution in [2.75, 3.05) is 24.7 Å². The third-order valence-corrected chi connectivity index (χ3v) is 7.23. The largest absolute Gasteiger partial charge is 0.377 e. The number of H-pyrrole nitrogens is 1. The van der Waals surface area contributed by atoms with Crippen molar-refractivity contribution in [3.8, 4) is 28.3 Å². The number of ether oxygens (including phenoxy) is 1. The average molecular weight is 512 g/mol. The fourth-order valence-corrected chi connectivity index (χ4v) is 5.26. The Kier molecular flexibility index (Phi) is 6.15. The highest BCUT2D eigenvalue weighted by atomic mass is 19.1. The van der Waals surface area contributed by atoms with E-state index in [1.807, 2.05) is 43.1 Å². The van der Waals surface area contributed by atoms with Crippen LogP contribution in [-0.4, -0.2) is 55.5 Å². The molecule has 38 heavy (non-hydrogen) atoms. The summed E-state index contributed by atoms with van der Waals surface area (Å²) in [6.07, 6.45) is 6.40. The molecule has 0 unspecified atom stereocenters. The molecule has 1 aliphatic rings. The molecule has 1 N–H and O–H groups in total. The van der Waals surface area contributed by atoms with E-state index >= 15 is 0 Å². The van der Waals surface area contributed by atoms with Crippen LogP contribution in [0, 0.1) is 19.7 Å². The van der Waals surface area contributed by atoms with Crippen molar-refractivity contribution in [3.05, 3.63) is 71.7 Å². The normalized spacial score (nSPS) is 15.9. The standard InChI is InChI=1S/C29H30FN7O/c1-5-20-10-22(15-31-14-20)37-19(4)28(18(3)35-37)26-13-27(36-8-9-38-16-17(36)2)34-29(33-26)24-11-21(30)12-25-23(24)6-7-32-25/h6-7,10-15,17,32H,5,8-9,16H2,1-4H3/t17-/m1/s1. The Morgan fingerprint density at radius 1 is 1.13 bits per heavy atom. The van der Waals surface area contributed by atoms with Gasteiger partial charge in [-0.1, -0.05) is 6.92 Å². The molecule has 8 nitrogen and oxygen atoms in total. The van der Waals surface area contributed by atoms with Gasteiger partial charge < -0.3 is 14.6 Å². The molecule has 6 rings (SSSR count). The van der Waals surface area contributed by atoms with Gasteiger partial charge in [0.15, 0.2) is 5.82 Å². The molecule has 5 aromatic rings. The predicted octanol–water partition coefficient (Wildman–Crippen LogP) is 5.42. The monoisotopic (exact) mass is 511 g/mol. The molecule has 4 aromatic heterocycles. The van der Waals surface area contributed by atoms with Crippen LogP contribution in [0.5, 0.6) is 0 Å². The zero-order valence-electron chi connectivity index (χ0n) is 22.0. The van der Waals surface area contributed by atoms with Crippen LogP contribution in [0.15, 0.2) is 48.9 Å². The lowest BCUT2D eigenvalue weighted by atomic mass is 10.1. The van der Waals surface area contributed by atoms with E-state index in [0.29, 0.717) is 36.7 Å². The van der Waals surface area contributed by atoms with Crippen molar-refractivity contribution < 1.29 is 9.13 Å². The highest BCUT2D eigenvalue weighted by molar-refractivity contribution is 5.94. The maximum absolute atomic E-state index is 14.7. The van der Waals surface area contributed by atoms with Crippen molar-refractivity contribution in [1.82, 2.24) is 29.7 Å². The topological polar surface area (TPSA) is 84.8 Å². The van der Waals surface area contributed by atoms with E-state index in [1.165, 1.54) is 12.1 Å². The summed E-state index contributed by atoms with van der Waals surface area (Å²) in [6, 6.07) is 9.20. The minimum Gasteiger partial charge on any atom is -0.377 e. The van der Waals surface area contributed by atoms with E-state index in [9.17, 15) is 4.39 Å². The lowest BCUT2D eigenvalue weighted by Gasteiger charge is -2.34. The highest BCUT2D eigenvalue weighted by Crippen LogP contribution is 2.34. The Hall–Kier alpha value is -4.11. The van der Waals surface area contributed by atoms with E-state index in [-0.39, 0.29) is 11.9 Å². The summed E-state index contributed by atoms with van der Waals surface area (Å²) in [6.45, 7) is 10.2. The lowest BCUT2D eigenvalue weighted by molar-refractivity contribution is 0.0985. The minimum atomic E-state index is -0.339. The number of halogens is 1. The number of rotatable bonds is 5. The van der Waals surface area contributed by atoms with Crippen LogP contribution in [0.2, 0.25) is 0 Å². The molecule has 1 aromatic carbocycles. The lowest BCUT2D eigenvalue weighted by Crippen LogP contribution is -2.44. The number of aryl methyl sites for hydroxylation is 2. The van der Waals surface area contributed by atoms with Gasteiger partial charge in [0.1, 0.15) is 11.6 Å². The number of benzene rings is 1. The minimum absolute atomic E-state index is 0.145. The van der Waals surface area contributed by atoms with E-state index in [2.05, 4.69) is 34.8 Å². The Morgan fingerprint density at radius 3 is 2.82 bits per heavy atom. The van der Waals surface area contributed by atoms with Gasteiger partial charge >= 0.3 is 0 Å².